The van der Waals surface area contributed by atoms with Gasteiger partial charge in [0.15, 0.2) is 0 Å². The molecule has 16 heteroatoms. The molecular weight excluding hydrogens is 676 g/mol. The number of rotatable bonds is 9. The van der Waals surface area contributed by atoms with Crippen molar-refractivity contribution in [1.29, 1.82) is 0 Å². The van der Waals surface area contributed by atoms with E-state index in [1.54, 1.807) is 30.1 Å². The monoisotopic (exact) mass is 708 g/mol. The normalized spacial score (nSPS) is 14.7. The van der Waals surface area contributed by atoms with E-state index in [0.717, 1.165) is 23.1 Å². The van der Waals surface area contributed by atoms with Gasteiger partial charge in [0.05, 0.1) is 52.2 Å². The number of hydrogen-bond acceptors (Lipinski definition) is 12. The molecule has 2 aromatic carbocycles. The average molecular weight is 710 g/mol. The Kier molecular flexibility index (Phi) is 8.43. The molecule has 240 valence electrons. The van der Waals surface area contributed by atoms with Gasteiger partial charge in [-0.1, -0.05) is 0 Å². The number of aliphatic hydroxyl groups is 1. The van der Waals surface area contributed by atoms with E-state index < -0.39 is 15.6 Å². The Hall–Kier alpha value is -4.54. The van der Waals surface area contributed by atoms with Crippen molar-refractivity contribution in [2.75, 3.05) is 46.7 Å². The van der Waals surface area contributed by atoms with Gasteiger partial charge in [0.2, 0.25) is 16.0 Å². The van der Waals surface area contributed by atoms with Crippen LogP contribution >= 0.6 is 15.9 Å². The number of fused-ring (bicyclic) bond motifs is 1. The summed E-state index contributed by atoms with van der Waals surface area (Å²) in [4.78, 5) is 20.0. The van der Waals surface area contributed by atoms with Crippen LogP contribution < -0.4 is 25.0 Å². The Morgan fingerprint density at radius 3 is 2.50 bits per heavy atom. The molecule has 0 saturated carbocycles. The second-order valence-corrected chi connectivity index (χ2v) is 14.0. The maximum Gasteiger partial charge on any atom is 0.229 e. The molecule has 0 atom stereocenters. The van der Waals surface area contributed by atoms with Gasteiger partial charge in [-0.15, -0.1) is 0 Å². The molecule has 4 heterocycles. The lowest BCUT2D eigenvalue weighted by molar-refractivity contribution is 0.0351. The zero-order chi connectivity index (χ0) is 32.6. The van der Waals surface area contributed by atoms with Crippen molar-refractivity contribution >= 4 is 71.5 Å². The Labute approximate surface area is 274 Å². The highest BCUT2D eigenvalue weighted by Crippen LogP contribution is 2.42. The Balaban J connectivity index is 1.36. The minimum absolute atomic E-state index is 0.241. The number of piperidine rings is 1. The van der Waals surface area contributed by atoms with Crippen molar-refractivity contribution in [3.63, 3.8) is 0 Å². The molecule has 0 radical (unpaired) electrons. The van der Waals surface area contributed by atoms with Crippen molar-refractivity contribution in [3.8, 4) is 16.9 Å². The first-order valence-electron chi connectivity index (χ1n) is 14.4. The van der Waals surface area contributed by atoms with E-state index in [2.05, 4.69) is 61.2 Å². The largest absolute Gasteiger partial charge is 0.494 e. The fraction of sp³-hybridized carbons (Fsp3) is 0.300. The van der Waals surface area contributed by atoms with Crippen LogP contribution in [-0.4, -0.2) is 75.3 Å². The topological polar surface area (TPSA) is 172 Å². The molecule has 14 nitrogen and oxygen atoms in total. The van der Waals surface area contributed by atoms with Gasteiger partial charge in [0, 0.05) is 67.8 Å². The number of aromatic nitrogens is 6. The van der Waals surface area contributed by atoms with Crippen LogP contribution in [0.4, 0.5) is 34.5 Å². The lowest BCUT2D eigenvalue weighted by Gasteiger charge is -2.38. The van der Waals surface area contributed by atoms with Gasteiger partial charge in [-0.25, -0.2) is 13.4 Å². The van der Waals surface area contributed by atoms with E-state index in [4.69, 9.17) is 4.74 Å². The van der Waals surface area contributed by atoms with Gasteiger partial charge in [-0.2, -0.15) is 10.1 Å². The molecule has 6 rings (SSSR count). The van der Waals surface area contributed by atoms with Crippen molar-refractivity contribution in [2.45, 2.75) is 25.4 Å². The third kappa shape index (κ3) is 6.83. The summed E-state index contributed by atoms with van der Waals surface area (Å²) in [5.41, 5.74) is 4.33. The van der Waals surface area contributed by atoms with Crippen LogP contribution in [0, 0.1) is 0 Å². The highest BCUT2D eigenvalue weighted by atomic mass is 79.9. The summed E-state index contributed by atoms with van der Waals surface area (Å²) < 4.78 is 35.2. The molecule has 0 amide bonds. The zero-order valence-corrected chi connectivity index (χ0v) is 28.0. The highest BCUT2D eigenvalue weighted by molar-refractivity contribution is 9.10. The van der Waals surface area contributed by atoms with Crippen LogP contribution in [0.5, 0.6) is 5.75 Å². The van der Waals surface area contributed by atoms with E-state index in [0.29, 0.717) is 64.4 Å². The van der Waals surface area contributed by atoms with Gasteiger partial charge in [-0.3, -0.25) is 19.4 Å². The number of aryl methyl sites for hydroxylation is 1. The summed E-state index contributed by atoms with van der Waals surface area (Å²) in [6, 6.07) is 7.39. The van der Waals surface area contributed by atoms with Crippen LogP contribution in [0.25, 0.3) is 22.2 Å². The van der Waals surface area contributed by atoms with Gasteiger partial charge in [0.25, 0.3) is 0 Å². The fourth-order valence-corrected chi connectivity index (χ4v) is 6.18. The van der Waals surface area contributed by atoms with E-state index >= 15 is 0 Å². The maximum absolute atomic E-state index is 12.3. The standard InChI is InChI=1S/C30H33BrN10O4S/c1-30(42)7-11-41(12-8-30)24-14-25(45-3)23(13-19(24)18-15-35-40(2)17-18)37-29-34-16-20(31)28(38-29)36-22-6-5-21-26(33-10-9-32-21)27(22)39-46(4,43)44/h5-6,9-10,13-17,39,42H,7-8,11-12H2,1-4H3,(H2,34,36,37,38). The molecule has 3 aromatic heterocycles. The van der Waals surface area contributed by atoms with Crippen LogP contribution in [0.1, 0.15) is 19.8 Å². The lowest BCUT2D eigenvalue weighted by Crippen LogP contribution is -2.42. The quantitative estimate of drug-likeness (QED) is 0.165. The molecule has 0 bridgehead atoms. The smallest absolute Gasteiger partial charge is 0.229 e. The minimum atomic E-state index is -3.64. The number of anilines is 6. The van der Waals surface area contributed by atoms with Gasteiger partial charge in [0.1, 0.15) is 17.1 Å². The van der Waals surface area contributed by atoms with E-state index in [9.17, 15) is 13.5 Å². The van der Waals surface area contributed by atoms with Crippen molar-refractivity contribution in [1.82, 2.24) is 29.7 Å². The van der Waals surface area contributed by atoms with Gasteiger partial charge >= 0.3 is 0 Å². The van der Waals surface area contributed by atoms with Gasteiger partial charge < -0.3 is 25.4 Å². The summed E-state index contributed by atoms with van der Waals surface area (Å²) in [6.45, 7) is 3.26. The molecule has 46 heavy (non-hydrogen) atoms. The van der Waals surface area contributed by atoms with Crippen LogP contribution in [0.3, 0.4) is 0 Å². The van der Waals surface area contributed by atoms with E-state index in [-0.39, 0.29) is 11.6 Å². The predicted molar refractivity (Wildman–Crippen MR) is 182 cm³/mol. The molecule has 4 N–H and O–H groups in total. The minimum Gasteiger partial charge on any atom is -0.494 e. The second kappa shape index (κ2) is 12.3. The summed E-state index contributed by atoms with van der Waals surface area (Å²) in [5.74, 6) is 1.22. The SMILES string of the molecule is COc1cc(N2CCC(C)(O)CC2)c(-c2cnn(C)c2)cc1Nc1ncc(Br)c(Nc2ccc3nccnc3c2NS(C)(=O)=O)n1. The Bertz CT molecular complexity index is 2030. The number of nitrogens with zero attached hydrogens (tertiary/aromatic N) is 7. The maximum atomic E-state index is 12.3. The molecule has 1 aliphatic rings. The summed E-state index contributed by atoms with van der Waals surface area (Å²) in [6.07, 6.45) is 10.7. The van der Waals surface area contributed by atoms with Crippen molar-refractivity contribution in [3.05, 3.63) is 59.7 Å². The number of hydrogen-bond donors (Lipinski definition) is 4. The number of benzene rings is 2. The first-order chi connectivity index (χ1) is 21.9. The number of nitrogens with one attached hydrogen (secondary N) is 3. The van der Waals surface area contributed by atoms with Crippen molar-refractivity contribution in [2.24, 2.45) is 7.05 Å². The third-order valence-electron chi connectivity index (χ3n) is 7.69. The second-order valence-electron chi connectivity index (χ2n) is 11.4. The zero-order valence-electron chi connectivity index (χ0n) is 25.6. The molecule has 5 aromatic rings. The van der Waals surface area contributed by atoms with Crippen LogP contribution in [0.2, 0.25) is 0 Å². The fourth-order valence-electron chi connectivity index (χ4n) is 5.31. The molecular formula is C30H33BrN10O4S. The Morgan fingerprint density at radius 1 is 1.04 bits per heavy atom. The summed E-state index contributed by atoms with van der Waals surface area (Å²) in [7, 11) is -0.175. The molecule has 0 unspecified atom stereocenters. The highest BCUT2D eigenvalue weighted by Gasteiger charge is 2.29. The van der Waals surface area contributed by atoms with E-state index in [1.165, 1.54) is 12.4 Å². The van der Waals surface area contributed by atoms with Crippen LogP contribution in [0.15, 0.2) is 59.7 Å². The average Bonchev–Trinajstić information content (AvgIpc) is 3.45. The van der Waals surface area contributed by atoms with E-state index in [1.807, 2.05) is 38.5 Å². The number of ether oxygens (including phenoxy) is 1. The number of methoxy groups -OCH3 is 1. The molecule has 0 spiro atoms. The van der Waals surface area contributed by atoms with Gasteiger partial charge in [-0.05, 0) is 53.9 Å². The van der Waals surface area contributed by atoms with Crippen LogP contribution in [-0.2, 0) is 17.1 Å². The summed E-state index contributed by atoms with van der Waals surface area (Å²) in [5, 5.41) is 21.4. The molecule has 0 aliphatic carbocycles. The molecule has 1 aliphatic heterocycles. The molecule has 1 fully saturated rings. The number of sulfonamides is 1. The third-order valence-corrected chi connectivity index (χ3v) is 8.84. The molecule has 1 saturated heterocycles. The predicted octanol–water partition coefficient (Wildman–Crippen LogP) is 4.80. The first kappa shape index (κ1) is 31.4. The number of halogens is 1. The van der Waals surface area contributed by atoms with Crippen molar-refractivity contribution < 1.29 is 18.3 Å². The lowest BCUT2D eigenvalue weighted by atomic mass is 9.92. The Morgan fingerprint density at radius 2 is 1.80 bits per heavy atom. The summed E-state index contributed by atoms with van der Waals surface area (Å²) >= 11 is 3.50. The first-order valence-corrected chi connectivity index (χ1v) is 17.0.